The van der Waals surface area contributed by atoms with Gasteiger partial charge >= 0.3 is 0 Å². The zero-order chi connectivity index (χ0) is 23.3. The quantitative estimate of drug-likeness (QED) is 0.549. The Kier molecular flexibility index (Phi) is 8.16. The fourth-order valence-corrected chi connectivity index (χ4v) is 5.33. The number of rotatable bonds is 9. The third kappa shape index (κ3) is 5.43. The zero-order valence-corrected chi connectivity index (χ0v) is 20.2. The molecule has 1 N–H and O–H groups in total. The highest BCUT2D eigenvalue weighted by Crippen LogP contribution is 2.27. The second kappa shape index (κ2) is 10.7. The van der Waals surface area contributed by atoms with Crippen molar-refractivity contribution in [3.8, 4) is 0 Å². The summed E-state index contributed by atoms with van der Waals surface area (Å²) in [6.45, 7) is 6.84. The van der Waals surface area contributed by atoms with Crippen molar-refractivity contribution >= 4 is 33.2 Å². The Morgan fingerprint density at radius 2 is 1.97 bits per heavy atom. The Morgan fingerprint density at radius 3 is 2.62 bits per heavy atom. The molecule has 1 aliphatic rings. The number of hydrogen-bond acceptors (Lipinski definition) is 6. The summed E-state index contributed by atoms with van der Waals surface area (Å²) in [4.78, 5) is 14.8. The number of ether oxygens (including phenoxy) is 1. The summed E-state index contributed by atoms with van der Waals surface area (Å²) in [5.74, 6) is -0.451. The minimum absolute atomic E-state index is 0.0670. The number of hydrogen-bond donors (Lipinski definition) is 1. The number of sulfonamides is 1. The smallest absolute Gasteiger partial charge is 0.263 e. The van der Waals surface area contributed by atoms with Gasteiger partial charge in [0.15, 0.2) is 0 Å². The summed E-state index contributed by atoms with van der Waals surface area (Å²) in [6, 6.07) is 5.69. The molecule has 2 heterocycles. The van der Waals surface area contributed by atoms with Crippen LogP contribution in [0.3, 0.4) is 0 Å². The molecule has 0 radical (unpaired) electrons. The number of methoxy groups -OCH3 is 1. The third-order valence-corrected chi connectivity index (χ3v) is 7.51. The highest BCUT2D eigenvalue weighted by atomic mass is 35.5. The van der Waals surface area contributed by atoms with E-state index in [4.69, 9.17) is 16.3 Å². The first kappa shape index (κ1) is 24.5. The molecule has 0 aliphatic carbocycles. The van der Waals surface area contributed by atoms with Gasteiger partial charge in [-0.3, -0.25) is 9.48 Å². The molecular formula is C21H30ClN5O4S. The lowest BCUT2D eigenvalue weighted by Crippen LogP contribution is -2.49. The van der Waals surface area contributed by atoms with E-state index in [0.717, 1.165) is 11.3 Å². The number of carbonyl (C=O) groups excluding carboxylic acids is 1. The first-order valence-electron chi connectivity index (χ1n) is 10.6. The molecule has 0 saturated carbocycles. The summed E-state index contributed by atoms with van der Waals surface area (Å²) in [6.07, 6.45) is 2.13. The molecule has 9 nitrogen and oxygen atoms in total. The molecule has 1 saturated heterocycles. The average Bonchev–Trinajstić information content (AvgIpc) is 3.24. The largest absolute Gasteiger partial charge is 0.385 e. The van der Waals surface area contributed by atoms with Crippen LogP contribution >= 0.6 is 11.6 Å². The van der Waals surface area contributed by atoms with Crippen LogP contribution in [0, 0.1) is 6.92 Å². The van der Waals surface area contributed by atoms with E-state index < -0.39 is 15.9 Å². The Labute approximate surface area is 194 Å². The summed E-state index contributed by atoms with van der Waals surface area (Å²) in [7, 11) is -2.33. The molecule has 1 aliphatic heterocycles. The average molecular weight is 484 g/mol. The van der Waals surface area contributed by atoms with E-state index in [1.165, 1.54) is 15.2 Å². The van der Waals surface area contributed by atoms with Crippen molar-refractivity contribution in [1.29, 1.82) is 0 Å². The maximum atomic E-state index is 13.4. The van der Waals surface area contributed by atoms with Crippen LogP contribution in [0.4, 0.5) is 5.69 Å². The maximum absolute atomic E-state index is 13.4. The van der Waals surface area contributed by atoms with E-state index in [1.54, 1.807) is 7.11 Å². The molecule has 1 aromatic carbocycles. The molecule has 0 bridgehead atoms. The molecule has 32 heavy (non-hydrogen) atoms. The fourth-order valence-electron chi connectivity index (χ4n) is 3.64. The lowest BCUT2D eigenvalue weighted by atomic mass is 10.1. The van der Waals surface area contributed by atoms with Crippen molar-refractivity contribution in [1.82, 2.24) is 19.4 Å². The van der Waals surface area contributed by atoms with Crippen LogP contribution in [-0.2, 0) is 21.3 Å². The first-order valence-corrected chi connectivity index (χ1v) is 12.5. The van der Waals surface area contributed by atoms with Crippen LogP contribution in [0.5, 0.6) is 0 Å². The molecule has 0 atom stereocenters. The number of anilines is 1. The number of nitrogens with one attached hydrogen (secondary N) is 1. The molecule has 1 aromatic heterocycles. The number of amides is 1. The van der Waals surface area contributed by atoms with Gasteiger partial charge in [0.05, 0.1) is 5.56 Å². The minimum atomic E-state index is -3.92. The number of aromatic nitrogens is 2. The van der Waals surface area contributed by atoms with Crippen molar-refractivity contribution in [2.24, 2.45) is 0 Å². The lowest BCUT2D eigenvalue weighted by molar-refractivity contribution is 0.0945. The number of piperazine rings is 1. The van der Waals surface area contributed by atoms with Gasteiger partial charge in [-0.05, 0) is 38.0 Å². The number of carbonyl (C=O) groups is 1. The molecule has 2 aromatic rings. The van der Waals surface area contributed by atoms with Gasteiger partial charge in [0.1, 0.15) is 0 Å². The standard InChI is InChI=1S/C21H30ClN5O4S/c1-4-26-15-18(20(28)23-8-5-13-31-3)21(24-26)32(29,30)27-11-9-25(10-12-27)19-14-17(22)7-6-16(19)2/h6-7,14-15H,4-5,8-13H2,1-3H3,(H,23,28). The number of halogens is 1. The van der Waals surface area contributed by atoms with Gasteiger partial charge in [0, 0.05) is 69.9 Å². The Morgan fingerprint density at radius 1 is 1.25 bits per heavy atom. The van der Waals surface area contributed by atoms with Crippen LogP contribution in [0.25, 0.3) is 0 Å². The first-order chi connectivity index (χ1) is 15.3. The Bertz CT molecular complexity index is 1050. The minimum Gasteiger partial charge on any atom is -0.385 e. The van der Waals surface area contributed by atoms with E-state index in [-0.39, 0.29) is 10.6 Å². The molecule has 0 unspecified atom stereocenters. The Balaban J connectivity index is 1.76. The van der Waals surface area contributed by atoms with Crippen LogP contribution in [0.1, 0.15) is 29.3 Å². The predicted octanol–water partition coefficient (Wildman–Crippen LogP) is 2.14. The molecule has 1 amide bonds. The molecular weight excluding hydrogens is 454 g/mol. The predicted molar refractivity (Wildman–Crippen MR) is 124 cm³/mol. The van der Waals surface area contributed by atoms with Gasteiger partial charge in [0.25, 0.3) is 15.9 Å². The maximum Gasteiger partial charge on any atom is 0.263 e. The van der Waals surface area contributed by atoms with Crippen LogP contribution in [0.15, 0.2) is 29.4 Å². The van der Waals surface area contributed by atoms with E-state index >= 15 is 0 Å². The molecule has 11 heteroatoms. The Hall–Kier alpha value is -2.14. The second-order valence-corrected chi connectivity index (χ2v) is 9.92. The van der Waals surface area contributed by atoms with Crippen LogP contribution in [0.2, 0.25) is 5.02 Å². The van der Waals surface area contributed by atoms with E-state index in [0.29, 0.717) is 57.3 Å². The van der Waals surface area contributed by atoms with E-state index in [1.807, 2.05) is 32.0 Å². The summed E-state index contributed by atoms with van der Waals surface area (Å²) < 4.78 is 34.6. The van der Waals surface area contributed by atoms with Gasteiger partial charge in [-0.25, -0.2) is 8.42 Å². The van der Waals surface area contributed by atoms with E-state index in [9.17, 15) is 13.2 Å². The fraction of sp³-hybridized carbons (Fsp3) is 0.524. The topological polar surface area (TPSA) is 96.8 Å². The summed E-state index contributed by atoms with van der Waals surface area (Å²) in [5.41, 5.74) is 2.15. The van der Waals surface area contributed by atoms with Gasteiger partial charge in [-0.15, -0.1) is 0 Å². The van der Waals surface area contributed by atoms with Crippen molar-refractivity contribution in [3.05, 3.63) is 40.5 Å². The highest BCUT2D eigenvalue weighted by molar-refractivity contribution is 7.89. The van der Waals surface area contributed by atoms with Gasteiger partial charge < -0.3 is 15.0 Å². The summed E-state index contributed by atoms with van der Waals surface area (Å²) in [5, 5.41) is 7.41. The lowest BCUT2D eigenvalue weighted by Gasteiger charge is -2.35. The van der Waals surface area contributed by atoms with Crippen molar-refractivity contribution in [2.75, 3.05) is 51.3 Å². The number of nitrogens with zero attached hydrogens (tertiary/aromatic N) is 4. The molecule has 3 rings (SSSR count). The summed E-state index contributed by atoms with van der Waals surface area (Å²) >= 11 is 6.15. The van der Waals surface area contributed by atoms with Gasteiger partial charge in [0.2, 0.25) is 5.03 Å². The SMILES string of the molecule is CCn1cc(C(=O)NCCCOC)c(S(=O)(=O)N2CCN(c3cc(Cl)ccc3C)CC2)n1. The van der Waals surface area contributed by atoms with Crippen molar-refractivity contribution in [2.45, 2.75) is 31.8 Å². The van der Waals surface area contributed by atoms with Crippen LogP contribution in [-0.4, -0.2) is 74.9 Å². The number of benzene rings is 1. The molecule has 176 valence electrons. The number of aryl methyl sites for hydroxylation is 2. The molecule has 0 spiro atoms. The van der Waals surface area contributed by atoms with Crippen LogP contribution < -0.4 is 10.2 Å². The van der Waals surface area contributed by atoms with Gasteiger partial charge in [-0.1, -0.05) is 17.7 Å². The second-order valence-electron chi connectivity index (χ2n) is 7.63. The van der Waals surface area contributed by atoms with Crippen molar-refractivity contribution < 1.29 is 17.9 Å². The van der Waals surface area contributed by atoms with E-state index in [2.05, 4.69) is 15.3 Å². The zero-order valence-electron chi connectivity index (χ0n) is 18.7. The van der Waals surface area contributed by atoms with Gasteiger partial charge in [-0.2, -0.15) is 9.40 Å². The third-order valence-electron chi connectivity index (χ3n) is 5.44. The van der Waals surface area contributed by atoms with Crippen molar-refractivity contribution in [3.63, 3.8) is 0 Å². The monoisotopic (exact) mass is 483 g/mol. The normalized spacial score (nSPS) is 15.2. The molecule has 1 fully saturated rings. The highest BCUT2D eigenvalue weighted by Gasteiger charge is 2.34.